The lowest BCUT2D eigenvalue weighted by atomic mass is 10.1. The van der Waals surface area contributed by atoms with Crippen molar-refractivity contribution in [2.75, 3.05) is 18.0 Å². The molecule has 7 heteroatoms. The molecule has 1 saturated heterocycles. The average Bonchev–Trinajstić information content (AvgIpc) is 3.15. The Labute approximate surface area is 186 Å². The highest BCUT2D eigenvalue weighted by Gasteiger charge is 2.34. The van der Waals surface area contributed by atoms with Crippen LogP contribution in [0.3, 0.4) is 0 Å². The summed E-state index contributed by atoms with van der Waals surface area (Å²) in [4.78, 5) is 39.3. The number of carbonyl (C=O) groups is 3. The van der Waals surface area contributed by atoms with Crippen molar-refractivity contribution < 1.29 is 19.1 Å². The van der Waals surface area contributed by atoms with Gasteiger partial charge in [0.2, 0.25) is 5.88 Å². The molecule has 32 heavy (non-hydrogen) atoms. The molecule has 164 valence electrons. The third-order valence-electron chi connectivity index (χ3n) is 5.46. The van der Waals surface area contributed by atoms with Crippen molar-refractivity contribution in [3.05, 3.63) is 72.2 Å². The molecule has 0 aliphatic carbocycles. The largest absolute Gasteiger partial charge is 0.439 e. The van der Waals surface area contributed by atoms with E-state index >= 15 is 0 Å². The molecule has 2 aliphatic rings. The SMILES string of the molecule is CCCCN1/C(=C/C=C/C=C2/C(=O)NC(=O)N(CC)C2=O)Oc2ccc3ccccc3c21. The van der Waals surface area contributed by atoms with Crippen molar-refractivity contribution in [1.82, 2.24) is 10.2 Å². The van der Waals surface area contributed by atoms with Crippen molar-refractivity contribution in [2.24, 2.45) is 0 Å². The number of hydrogen-bond acceptors (Lipinski definition) is 5. The number of unbranched alkanes of at least 4 members (excludes halogenated alkanes) is 1. The minimum absolute atomic E-state index is 0.0782. The van der Waals surface area contributed by atoms with Gasteiger partial charge < -0.3 is 9.64 Å². The molecule has 0 unspecified atom stereocenters. The maximum Gasteiger partial charge on any atom is 0.331 e. The van der Waals surface area contributed by atoms with Crippen LogP contribution in [-0.4, -0.2) is 35.8 Å². The lowest BCUT2D eigenvalue weighted by Gasteiger charge is -2.24. The molecule has 0 aromatic heterocycles. The monoisotopic (exact) mass is 431 g/mol. The van der Waals surface area contributed by atoms with E-state index in [1.54, 1.807) is 19.1 Å². The number of benzene rings is 2. The minimum Gasteiger partial charge on any atom is -0.439 e. The highest BCUT2D eigenvalue weighted by atomic mass is 16.5. The fourth-order valence-electron chi connectivity index (χ4n) is 3.83. The second-order valence-electron chi connectivity index (χ2n) is 7.52. The molecule has 2 aliphatic heterocycles. The number of allylic oxidation sites excluding steroid dienone is 4. The number of imide groups is 2. The predicted octanol–water partition coefficient (Wildman–Crippen LogP) is 4.26. The van der Waals surface area contributed by atoms with Crippen LogP contribution in [0.4, 0.5) is 10.5 Å². The van der Waals surface area contributed by atoms with Gasteiger partial charge in [0.15, 0.2) is 5.75 Å². The number of ether oxygens (including phenoxy) is 1. The summed E-state index contributed by atoms with van der Waals surface area (Å²) in [7, 11) is 0. The van der Waals surface area contributed by atoms with E-state index < -0.39 is 17.8 Å². The fraction of sp³-hybridized carbons (Fsp3) is 0.240. The molecule has 0 spiro atoms. The molecular formula is C25H25N3O4. The van der Waals surface area contributed by atoms with Crippen LogP contribution in [0.5, 0.6) is 5.75 Å². The fourth-order valence-corrected chi connectivity index (χ4v) is 3.83. The van der Waals surface area contributed by atoms with Crippen LogP contribution in [0, 0.1) is 0 Å². The number of rotatable bonds is 6. The normalized spacial score (nSPS) is 18.8. The minimum atomic E-state index is -0.693. The molecule has 4 amide bonds. The summed E-state index contributed by atoms with van der Waals surface area (Å²) < 4.78 is 6.12. The molecule has 1 N–H and O–H groups in total. The van der Waals surface area contributed by atoms with Crippen molar-refractivity contribution in [2.45, 2.75) is 26.7 Å². The summed E-state index contributed by atoms with van der Waals surface area (Å²) in [5.41, 5.74) is 0.971. The van der Waals surface area contributed by atoms with Crippen LogP contribution in [0.1, 0.15) is 26.7 Å². The number of urea groups is 1. The smallest absolute Gasteiger partial charge is 0.331 e. The Morgan fingerprint density at radius 1 is 0.969 bits per heavy atom. The summed E-state index contributed by atoms with van der Waals surface area (Å²) >= 11 is 0. The quantitative estimate of drug-likeness (QED) is 0.546. The number of anilines is 1. The zero-order chi connectivity index (χ0) is 22.7. The number of hydrogen-bond donors (Lipinski definition) is 1. The highest BCUT2D eigenvalue weighted by Crippen LogP contribution is 2.44. The van der Waals surface area contributed by atoms with Gasteiger partial charge in [-0.3, -0.25) is 19.8 Å². The first kappa shape index (κ1) is 21.4. The van der Waals surface area contributed by atoms with Gasteiger partial charge in [-0.2, -0.15) is 0 Å². The van der Waals surface area contributed by atoms with E-state index in [4.69, 9.17) is 4.74 Å². The Morgan fingerprint density at radius 3 is 2.53 bits per heavy atom. The van der Waals surface area contributed by atoms with E-state index in [1.807, 2.05) is 30.3 Å². The maximum atomic E-state index is 12.4. The molecule has 7 nitrogen and oxygen atoms in total. The zero-order valence-electron chi connectivity index (χ0n) is 18.1. The van der Waals surface area contributed by atoms with E-state index in [1.165, 1.54) is 6.08 Å². The third kappa shape index (κ3) is 3.89. The number of carbonyl (C=O) groups excluding carboxylic acids is 3. The van der Waals surface area contributed by atoms with Gasteiger partial charge in [0.1, 0.15) is 5.57 Å². The maximum absolute atomic E-state index is 12.4. The number of nitrogens with zero attached hydrogens (tertiary/aromatic N) is 2. The standard InChI is InChI=1S/C25H25N3O4/c1-3-5-16-28-21(32-20-15-14-17-10-6-7-11-18(17)22(20)28)13-9-8-12-19-23(29)26-25(31)27(4-2)24(19)30/h6-15H,3-5,16H2,1-2H3,(H,26,29,31)/b9-8+,19-12-,21-13-. The summed E-state index contributed by atoms with van der Waals surface area (Å²) in [6, 6.07) is 11.5. The summed E-state index contributed by atoms with van der Waals surface area (Å²) in [5.74, 6) is 0.197. The first-order valence-corrected chi connectivity index (χ1v) is 10.8. The van der Waals surface area contributed by atoms with Crippen LogP contribution < -0.4 is 15.0 Å². The van der Waals surface area contributed by atoms with E-state index in [2.05, 4.69) is 29.3 Å². The van der Waals surface area contributed by atoms with Gasteiger partial charge in [0.05, 0.1) is 5.69 Å². The molecule has 0 bridgehead atoms. The van der Waals surface area contributed by atoms with Gasteiger partial charge in [-0.25, -0.2) is 4.79 Å². The van der Waals surface area contributed by atoms with Crippen LogP contribution in [0.2, 0.25) is 0 Å². The number of amides is 4. The topological polar surface area (TPSA) is 79.0 Å². The number of nitrogens with one attached hydrogen (secondary N) is 1. The van der Waals surface area contributed by atoms with Crippen LogP contribution in [0.15, 0.2) is 72.2 Å². The summed E-state index contributed by atoms with van der Waals surface area (Å²) in [6.07, 6.45) is 8.62. The van der Waals surface area contributed by atoms with Crippen LogP contribution >= 0.6 is 0 Å². The van der Waals surface area contributed by atoms with Gasteiger partial charge in [-0.05, 0) is 36.9 Å². The lowest BCUT2D eigenvalue weighted by molar-refractivity contribution is -0.130. The second kappa shape index (κ2) is 9.09. The van der Waals surface area contributed by atoms with Gasteiger partial charge in [-0.15, -0.1) is 0 Å². The van der Waals surface area contributed by atoms with Crippen molar-refractivity contribution in [3.8, 4) is 5.75 Å². The molecule has 0 radical (unpaired) electrons. The average molecular weight is 431 g/mol. The Kier molecular flexibility index (Phi) is 6.07. The van der Waals surface area contributed by atoms with E-state index in [9.17, 15) is 14.4 Å². The van der Waals surface area contributed by atoms with E-state index in [0.29, 0.717) is 5.88 Å². The molecule has 2 heterocycles. The highest BCUT2D eigenvalue weighted by molar-refractivity contribution is 6.28. The number of barbiturate groups is 1. The van der Waals surface area contributed by atoms with Crippen molar-refractivity contribution in [1.29, 1.82) is 0 Å². The molecule has 1 fully saturated rings. The Morgan fingerprint density at radius 2 is 1.75 bits per heavy atom. The van der Waals surface area contributed by atoms with E-state index in [-0.39, 0.29) is 12.1 Å². The molecule has 2 aromatic rings. The van der Waals surface area contributed by atoms with Gasteiger partial charge in [-0.1, -0.05) is 55.8 Å². The van der Waals surface area contributed by atoms with Crippen LogP contribution in [-0.2, 0) is 9.59 Å². The summed E-state index contributed by atoms with van der Waals surface area (Å²) in [5, 5.41) is 4.46. The Hall–Kier alpha value is -3.87. The molecule has 4 rings (SSSR count). The number of likely N-dealkylation sites (N-methyl/N-ethyl adjacent to an activating group) is 1. The van der Waals surface area contributed by atoms with E-state index in [0.717, 1.165) is 46.5 Å². The first-order chi connectivity index (χ1) is 15.5. The number of fused-ring (bicyclic) bond motifs is 3. The molecule has 2 aromatic carbocycles. The third-order valence-corrected chi connectivity index (χ3v) is 5.46. The molecular weight excluding hydrogens is 406 g/mol. The summed E-state index contributed by atoms with van der Waals surface area (Å²) in [6.45, 7) is 4.82. The Bertz CT molecular complexity index is 1180. The van der Waals surface area contributed by atoms with Gasteiger partial charge in [0, 0.05) is 18.5 Å². The Balaban J connectivity index is 1.61. The zero-order valence-corrected chi connectivity index (χ0v) is 18.1. The first-order valence-electron chi connectivity index (χ1n) is 10.8. The lowest BCUT2D eigenvalue weighted by Crippen LogP contribution is -2.53. The predicted molar refractivity (Wildman–Crippen MR) is 123 cm³/mol. The van der Waals surface area contributed by atoms with Crippen LogP contribution in [0.25, 0.3) is 10.8 Å². The van der Waals surface area contributed by atoms with Gasteiger partial charge >= 0.3 is 6.03 Å². The van der Waals surface area contributed by atoms with Gasteiger partial charge in [0.25, 0.3) is 11.8 Å². The molecule has 0 atom stereocenters. The second-order valence-corrected chi connectivity index (χ2v) is 7.52. The van der Waals surface area contributed by atoms with Crippen molar-refractivity contribution in [3.63, 3.8) is 0 Å². The van der Waals surface area contributed by atoms with Crippen molar-refractivity contribution >= 4 is 34.3 Å². The molecule has 0 saturated carbocycles.